The minimum atomic E-state index is -0.468. The predicted octanol–water partition coefficient (Wildman–Crippen LogP) is 2.97. The number of hydrogen-bond acceptors (Lipinski definition) is 3. The van der Waals surface area contributed by atoms with Crippen molar-refractivity contribution in [3.8, 4) is 5.75 Å². The number of rotatable bonds is 4. The zero-order valence-electron chi connectivity index (χ0n) is 12.3. The van der Waals surface area contributed by atoms with Gasteiger partial charge in [0.2, 0.25) is 0 Å². The normalized spacial score (nSPS) is 24.4. The molecule has 2 aliphatic rings. The summed E-state index contributed by atoms with van der Waals surface area (Å²) in [7, 11) is 1.72. The molecule has 2 N–H and O–H groups in total. The number of ether oxygens (including phenoxy) is 1. The Morgan fingerprint density at radius 1 is 1.30 bits per heavy atom. The number of nitrogens with one attached hydrogen (secondary N) is 1. The lowest BCUT2D eigenvalue weighted by Crippen LogP contribution is -2.40. The summed E-state index contributed by atoms with van der Waals surface area (Å²) in [5, 5.41) is 14.1. The molecule has 0 heterocycles. The van der Waals surface area contributed by atoms with E-state index in [0.29, 0.717) is 6.04 Å². The average molecular weight is 275 g/mol. The lowest BCUT2D eigenvalue weighted by Gasteiger charge is -2.31. The minimum Gasteiger partial charge on any atom is -0.497 e. The molecule has 1 atom stereocenters. The summed E-state index contributed by atoms with van der Waals surface area (Å²) in [5.41, 5.74) is 2.31. The summed E-state index contributed by atoms with van der Waals surface area (Å²) >= 11 is 0. The van der Waals surface area contributed by atoms with Crippen LogP contribution in [0.4, 0.5) is 0 Å². The monoisotopic (exact) mass is 275 g/mol. The molecule has 1 saturated carbocycles. The van der Waals surface area contributed by atoms with Crippen molar-refractivity contribution in [1.29, 1.82) is 0 Å². The van der Waals surface area contributed by atoms with E-state index in [1.165, 1.54) is 17.5 Å². The Balaban J connectivity index is 1.70. The quantitative estimate of drug-likeness (QED) is 0.887. The molecule has 3 nitrogen and oxygen atoms in total. The molecule has 0 aliphatic heterocycles. The maximum atomic E-state index is 10.5. The number of fused-ring (bicyclic) bond motifs is 1. The number of aryl methyl sites for hydroxylation is 1. The highest BCUT2D eigenvalue weighted by Crippen LogP contribution is 2.34. The molecule has 1 fully saturated rings. The van der Waals surface area contributed by atoms with Gasteiger partial charge in [0, 0.05) is 12.6 Å². The van der Waals surface area contributed by atoms with Gasteiger partial charge in [0.05, 0.1) is 12.7 Å². The van der Waals surface area contributed by atoms with Crippen LogP contribution >= 0.6 is 0 Å². The average Bonchev–Trinajstić information content (AvgIpc) is 2.91. The first-order chi connectivity index (χ1) is 9.70. The molecule has 3 rings (SSSR count). The summed E-state index contributed by atoms with van der Waals surface area (Å²) < 4.78 is 5.31. The van der Waals surface area contributed by atoms with Gasteiger partial charge in [-0.3, -0.25) is 0 Å². The van der Waals surface area contributed by atoms with E-state index in [9.17, 15) is 5.11 Å². The molecule has 3 heteroatoms. The van der Waals surface area contributed by atoms with Crippen molar-refractivity contribution < 1.29 is 9.84 Å². The molecule has 1 unspecified atom stereocenters. The summed E-state index contributed by atoms with van der Waals surface area (Å²) in [6.07, 6.45) is 7.72. The molecule has 1 aromatic rings. The van der Waals surface area contributed by atoms with Crippen LogP contribution in [0.2, 0.25) is 0 Å². The summed E-state index contributed by atoms with van der Waals surface area (Å²) in [4.78, 5) is 0. The SMILES string of the molecule is COc1ccc2c(c1)CCCC2NCC1(O)CCCC1. The van der Waals surface area contributed by atoms with Crippen molar-refractivity contribution >= 4 is 0 Å². The summed E-state index contributed by atoms with van der Waals surface area (Å²) in [5.74, 6) is 0.943. The molecular formula is C17H25NO2. The van der Waals surface area contributed by atoms with Crippen LogP contribution in [0, 0.1) is 0 Å². The second-order valence-electron chi connectivity index (χ2n) is 6.32. The fourth-order valence-electron chi connectivity index (χ4n) is 3.65. The Bertz CT molecular complexity index is 466. The Morgan fingerprint density at radius 2 is 2.10 bits per heavy atom. The lowest BCUT2D eigenvalue weighted by atomic mass is 9.87. The van der Waals surface area contributed by atoms with Gasteiger partial charge < -0.3 is 15.2 Å². The fraction of sp³-hybridized carbons (Fsp3) is 0.647. The molecule has 2 aliphatic carbocycles. The third-order valence-electron chi connectivity index (χ3n) is 4.88. The Hall–Kier alpha value is -1.06. The molecule has 0 bridgehead atoms. The van der Waals surface area contributed by atoms with E-state index in [1.54, 1.807) is 7.11 Å². The zero-order valence-corrected chi connectivity index (χ0v) is 12.3. The summed E-state index contributed by atoms with van der Waals surface area (Å²) in [6.45, 7) is 0.725. The molecular weight excluding hydrogens is 250 g/mol. The first-order valence-electron chi connectivity index (χ1n) is 7.83. The summed E-state index contributed by atoms with van der Waals surface area (Å²) in [6, 6.07) is 6.77. The van der Waals surface area contributed by atoms with E-state index in [-0.39, 0.29) is 0 Å². The van der Waals surface area contributed by atoms with Gasteiger partial charge in [0.1, 0.15) is 5.75 Å². The largest absolute Gasteiger partial charge is 0.497 e. The second kappa shape index (κ2) is 5.74. The molecule has 0 spiro atoms. The molecule has 0 saturated heterocycles. The molecule has 0 aromatic heterocycles. The Morgan fingerprint density at radius 3 is 2.85 bits per heavy atom. The second-order valence-corrected chi connectivity index (χ2v) is 6.32. The topological polar surface area (TPSA) is 41.5 Å². The first kappa shape index (κ1) is 13.9. The molecule has 0 radical (unpaired) electrons. The number of methoxy groups -OCH3 is 1. The van der Waals surface area contributed by atoms with E-state index >= 15 is 0 Å². The van der Waals surface area contributed by atoms with Crippen LogP contribution < -0.4 is 10.1 Å². The van der Waals surface area contributed by atoms with Gasteiger partial charge in [-0.1, -0.05) is 18.9 Å². The lowest BCUT2D eigenvalue weighted by molar-refractivity contribution is 0.0442. The number of aliphatic hydroxyl groups is 1. The van der Waals surface area contributed by atoms with Crippen LogP contribution in [0.15, 0.2) is 18.2 Å². The predicted molar refractivity (Wildman–Crippen MR) is 80.1 cm³/mol. The maximum absolute atomic E-state index is 10.5. The van der Waals surface area contributed by atoms with Crippen molar-refractivity contribution in [3.63, 3.8) is 0 Å². The van der Waals surface area contributed by atoms with Gasteiger partial charge in [-0.05, 0) is 55.4 Å². The van der Waals surface area contributed by atoms with Crippen LogP contribution in [-0.4, -0.2) is 24.4 Å². The van der Waals surface area contributed by atoms with Crippen molar-refractivity contribution in [3.05, 3.63) is 29.3 Å². The highest BCUT2D eigenvalue weighted by atomic mass is 16.5. The Kier molecular flexibility index (Phi) is 3.99. The number of hydrogen-bond donors (Lipinski definition) is 2. The highest BCUT2D eigenvalue weighted by molar-refractivity contribution is 5.39. The van der Waals surface area contributed by atoms with Gasteiger partial charge in [0.25, 0.3) is 0 Å². The van der Waals surface area contributed by atoms with Crippen LogP contribution in [0.5, 0.6) is 5.75 Å². The van der Waals surface area contributed by atoms with Gasteiger partial charge in [-0.2, -0.15) is 0 Å². The number of benzene rings is 1. The molecule has 1 aromatic carbocycles. The van der Waals surface area contributed by atoms with E-state index in [4.69, 9.17) is 4.74 Å². The van der Waals surface area contributed by atoms with Crippen molar-refractivity contribution in [2.24, 2.45) is 0 Å². The van der Waals surface area contributed by atoms with Gasteiger partial charge >= 0.3 is 0 Å². The maximum Gasteiger partial charge on any atom is 0.119 e. The van der Waals surface area contributed by atoms with Gasteiger partial charge in [-0.25, -0.2) is 0 Å². The van der Waals surface area contributed by atoms with E-state index in [2.05, 4.69) is 17.4 Å². The third-order valence-corrected chi connectivity index (χ3v) is 4.88. The van der Waals surface area contributed by atoms with Crippen molar-refractivity contribution in [2.75, 3.05) is 13.7 Å². The van der Waals surface area contributed by atoms with Crippen molar-refractivity contribution in [1.82, 2.24) is 5.32 Å². The molecule has 110 valence electrons. The van der Waals surface area contributed by atoms with Gasteiger partial charge in [-0.15, -0.1) is 0 Å². The molecule has 0 amide bonds. The van der Waals surface area contributed by atoms with Crippen LogP contribution in [0.25, 0.3) is 0 Å². The van der Waals surface area contributed by atoms with E-state index in [1.807, 2.05) is 6.07 Å². The van der Waals surface area contributed by atoms with Crippen LogP contribution in [0.3, 0.4) is 0 Å². The van der Waals surface area contributed by atoms with Crippen molar-refractivity contribution in [2.45, 2.75) is 56.6 Å². The van der Waals surface area contributed by atoms with Crippen LogP contribution in [0.1, 0.15) is 55.7 Å². The van der Waals surface area contributed by atoms with Gasteiger partial charge in [0.15, 0.2) is 0 Å². The zero-order chi connectivity index (χ0) is 14.0. The standard InChI is InChI=1S/C17H25NO2/c1-20-14-7-8-15-13(11-14)5-4-6-16(15)18-12-17(19)9-2-3-10-17/h7-8,11,16,18-19H,2-6,9-10,12H2,1H3. The molecule has 20 heavy (non-hydrogen) atoms. The smallest absolute Gasteiger partial charge is 0.119 e. The third kappa shape index (κ3) is 2.84. The first-order valence-corrected chi connectivity index (χ1v) is 7.83. The van der Waals surface area contributed by atoms with Crippen LogP contribution in [-0.2, 0) is 6.42 Å². The Labute approximate surface area is 121 Å². The fourth-order valence-corrected chi connectivity index (χ4v) is 3.65. The highest BCUT2D eigenvalue weighted by Gasteiger charge is 2.32. The van der Waals surface area contributed by atoms with E-state index < -0.39 is 5.60 Å². The van der Waals surface area contributed by atoms with E-state index in [0.717, 1.165) is 50.8 Å². The minimum absolute atomic E-state index is 0.384.